The molecule has 2 rings (SSSR count). The SMILES string of the molecule is CC#CC(=O)NC1c2cc(Br)ccc2SCC1C. The van der Waals surface area contributed by atoms with Crippen molar-refractivity contribution in [1.29, 1.82) is 0 Å². The van der Waals surface area contributed by atoms with E-state index < -0.39 is 0 Å². The average molecular weight is 324 g/mol. The van der Waals surface area contributed by atoms with Crippen molar-refractivity contribution in [2.45, 2.75) is 24.8 Å². The molecule has 1 aromatic rings. The Hall–Kier alpha value is -0.920. The van der Waals surface area contributed by atoms with Crippen molar-refractivity contribution in [3.05, 3.63) is 28.2 Å². The molecule has 2 unspecified atom stereocenters. The molecular formula is C14H14BrNOS. The number of carbonyl (C=O) groups is 1. The van der Waals surface area contributed by atoms with Gasteiger partial charge in [-0.15, -0.1) is 11.8 Å². The highest BCUT2D eigenvalue weighted by Crippen LogP contribution is 2.40. The van der Waals surface area contributed by atoms with E-state index in [2.05, 4.69) is 52.1 Å². The fraction of sp³-hybridized carbons (Fsp3) is 0.357. The van der Waals surface area contributed by atoms with Gasteiger partial charge in [0.2, 0.25) is 0 Å². The number of benzene rings is 1. The smallest absolute Gasteiger partial charge is 0.296 e. The summed E-state index contributed by atoms with van der Waals surface area (Å²) in [4.78, 5) is 12.9. The van der Waals surface area contributed by atoms with Crippen LogP contribution in [-0.4, -0.2) is 11.7 Å². The van der Waals surface area contributed by atoms with Gasteiger partial charge in [0.25, 0.3) is 5.91 Å². The molecule has 1 N–H and O–H groups in total. The van der Waals surface area contributed by atoms with Crippen molar-refractivity contribution in [2.75, 3.05) is 5.75 Å². The predicted octanol–water partition coefficient (Wildman–Crippen LogP) is 3.37. The number of halogens is 1. The van der Waals surface area contributed by atoms with Crippen LogP contribution in [0.1, 0.15) is 25.5 Å². The van der Waals surface area contributed by atoms with E-state index in [4.69, 9.17) is 0 Å². The summed E-state index contributed by atoms with van der Waals surface area (Å²) < 4.78 is 1.04. The first-order valence-electron chi connectivity index (χ1n) is 5.77. The average Bonchev–Trinajstić information content (AvgIpc) is 2.33. The summed E-state index contributed by atoms with van der Waals surface area (Å²) in [6.45, 7) is 3.82. The first kappa shape index (κ1) is 13.5. The molecule has 0 aromatic heterocycles. The third kappa shape index (κ3) is 2.90. The normalized spacial score (nSPS) is 21.5. The van der Waals surface area contributed by atoms with Gasteiger partial charge in [-0.2, -0.15) is 0 Å². The minimum Gasteiger partial charge on any atom is -0.338 e. The molecule has 0 fully saturated rings. The number of carbonyl (C=O) groups excluding carboxylic acids is 1. The molecule has 0 saturated carbocycles. The Bertz CT molecular complexity index is 532. The van der Waals surface area contributed by atoms with Crippen LogP contribution in [0, 0.1) is 17.8 Å². The minimum absolute atomic E-state index is 0.0482. The number of nitrogens with one attached hydrogen (secondary N) is 1. The number of amides is 1. The van der Waals surface area contributed by atoms with Crippen LogP contribution in [-0.2, 0) is 4.79 Å². The molecule has 1 aromatic carbocycles. The standard InChI is InChI=1S/C14H14BrNOS/c1-3-4-13(17)16-14-9(2)8-18-12-6-5-10(15)7-11(12)14/h5-7,9,14H,8H2,1-2H3,(H,16,17). The lowest BCUT2D eigenvalue weighted by molar-refractivity contribution is -0.116. The quantitative estimate of drug-likeness (QED) is 0.803. The zero-order chi connectivity index (χ0) is 13.1. The van der Waals surface area contributed by atoms with Gasteiger partial charge in [-0.25, -0.2) is 0 Å². The molecule has 4 heteroatoms. The highest BCUT2D eigenvalue weighted by atomic mass is 79.9. The Labute approximate surface area is 120 Å². The number of rotatable bonds is 1. The van der Waals surface area contributed by atoms with Gasteiger partial charge in [-0.1, -0.05) is 28.8 Å². The summed E-state index contributed by atoms with van der Waals surface area (Å²) in [6.07, 6.45) is 0. The Morgan fingerprint density at radius 3 is 3.06 bits per heavy atom. The second-order valence-electron chi connectivity index (χ2n) is 4.30. The van der Waals surface area contributed by atoms with Crippen LogP contribution in [0.15, 0.2) is 27.6 Å². The largest absolute Gasteiger partial charge is 0.338 e. The summed E-state index contributed by atoms with van der Waals surface area (Å²) >= 11 is 5.33. The highest BCUT2D eigenvalue weighted by molar-refractivity contribution is 9.10. The lowest BCUT2D eigenvalue weighted by Crippen LogP contribution is -2.34. The topological polar surface area (TPSA) is 29.1 Å². The van der Waals surface area contributed by atoms with Gasteiger partial charge in [-0.05, 0) is 42.5 Å². The number of hydrogen-bond acceptors (Lipinski definition) is 2. The predicted molar refractivity (Wildman–Crippen MR) is 78.4 cm³/mol. The summed E-state index contributed by atoms with van der Waals surface area (Å²) in [5.41, 5.74) is 1.18. The van der Waals surface area contributed by atoms with Crippen molar-refractivity contribution in [2.24, 2.45) is 5.92 Å². The van der Waals surface area contributed by atoms with Gasteiger partial charge >= 0.3 is 0 Å². The van der Waals surface area contributed by atoms with Crippen molar-refractivity contribution in [3.8, 4) is 11.8 Å². The summed E-state index contributed by atoms with van der Waals surface area (Å²) in [5.74, 6) is 6.38. The molecule has 1 amide bonds. The fourth-order valence-corrected chi connectivity index (χ4v) is 3.56. The zero-order valence-corrected chi connectivity index (χ0v) is 12.7. The number of hydrogen-bond donors (Lipinski definition) is 1. The maximum Gasteiger partial charge on any atom is 0.296 e. The maximum absolute atomic E-state index is 11.6. The van der Waals surface area contributed by atoms with Crippen molar-refractivity contribution < 1.29 is 4.79 Å². The van der Waals surface area contributed by atoms with Gasteiger partial charge in [0.05, 0.1) is 6.04 Å². The van der Waals surface area contributed by atoms with Crippen LogP contribution in [0.3, 0.4) is 0 Å². The van der Waals surface area contributed by atoms with Crippen LogP contribution < -0.4 is 5.32 Å². The molecule has 1 aliphatic heterocycles. The Balaban J connectivity index is 2.31. The molecule has 0 radical (unpaired) electrons. The molecule has 18 heavy (non-hydrogen) atoms. The molecule has 0 aliphatic carbocycles. The van der Waals surface area contributed by atoms with E-state index in [0.717, 1.165) is 10.2 Å². The second-order valence-corrected chi connectivity index (χ2v) is 6.27. The first-order valence-corrected chi connectivity index (χ1v) is 7.55. The Kier molecular flexibility index (Phi) is 4.36. The number of thioether (sulfide) groups is 1. The second kappa shape index (κ2) is 5.81. The highest BCUT2D eigenvalue weighted by Gasteiger charge is 2.28. The summed E-state index contributed by atoms with van der Waals surface area (Å²) in [6, 6.07) is 6.27. The van der Waals surface area contributed by atoms with E-state index in [1.807, 2.05) is 17.8 Å². The van der Waals surface area contributed by atoms with Crippen LogP contribution in [0.2, 0.25) is 0 Å². The van der Waals surface area contributed by atoms with Crippen LogP contribution in [0.5, 0.6) is 0 Å². The van der Waals surface area contributed by atoms with Crippen molar-refractivity contribution in [1.82, 2.24) is 5.32 Å². The molecule has 2 nitrogen and oxygen atoms in total. The van der Waals surface area contributed by atoms with Crippen molar-refractivity contribution >= 4 is 33.6 Å². The summed E-state index contributed by atoms with van der Waals surface area (Å²) in [7, 11) is 0. The third-order valence-corrected chi connectivity index (χ3v) is 4.77. The van der Waals surface area contributed by atoms with E-state index in [9.17, 15) is 4.79 Å². The summed E-state index contributed by atoms with van der Waals surface area (Å²) in [5, 5.41) is 3.01. The maximum atomic E-state index is 11.6. The third-order valence-electron chi connectivity index (χ3n) is 2.90. The molecule has 0 bridgehead atoms. The lowest BCUT2D eigenvalue weighted by atomic mass is 9.95. The van der Waals surface area contributed by atoms with Gasteiger partial charge in [0, 0.05) is 15.1 Å². The molecule has 2 atom stereocenters. The van der Waals surface area contributed by atoms with Gasteiger partial charge in [0.15, 0.2) is 0 Å². The molecule has 0 saturated heterocycles. The van der Waals surface area contributed by atoms with Gasteiger partial charge in [-0.3, -0.25) is 4.79 Å². The molecule has 0 spiro atoms. The Morgan fingerprint density at radius 1 is 1.56 bits per heavy atom. The Morgan fingerprint density at radius 2 is 2.33 bits per heavy atom. The minimum atomic E-state index is -0.202. The van der Waals surface area contributed by atoms with E-state index in [1.54, 1.807) is 6.92 Å². The fourth-order valence-electron chi connectivity index (χ4n) is 2.03. The van der Waals surface area contributed by atoms with Gasteiger partial charge < -0.3 is 5.32 Å². The van der Waals surface area contributed by atoms with Crippen LogP contribution >= 0.6 is 27.7 Å². The van der Waals surface area contributed by atoms with Crippen LogP contribution in [0.4, 0.5) is 0 Å². The van der Waals surface area contributed by atoms with E-state index in [0.29, 0.717) is 5.92 Å². The number of fused-ring (bicyclic) bond motifs is 1. The molecule has 1 heterocycles. The molecule has 94 valence electrons. The van der Waals surface area contributed by atoms with Crippen LogP contribution in [0.25, 0.3) is 0 Å². The van der Waals surface area contributed by atoms with E-state index >= 15 is 0 Å². The zero-order valence-electron chi connectivity index (χ0n) is 10.3. The first-order chi connectivity index (χ1) is 8.61. The van der Waals surface area contributed by atoms with Crippen molar-refractivity contribution in [3.63, 3.8) is 0 Å². The molecule has 1 aliphatic rings. The lowest BCUT2D eigenvalue weighted by Gasteiger charge is -2.31. The molecular weight excluding hydrogens is 310 g/mol. The monoisotopic (exact) mass is 323 g/mol. The van der Waals surface area contributed by atoms with Gasteiger partial charge in [0.1, 0.15) is 0 Å². The van der Waals surface area contributed by atoms with E-state index in [-0.39, 0.29) is 11.9 Å². The van der Waals surface area contributed by atoms with E-state index in [1.165, 1.54) is 10.5 Å².